The van der Waals surface area contributed by atoms with Gasteiger partial charge in [-0.1, -0.05) is 6.07 Å². The summed E-state index contributed by atoms with van der Waals surface area (Å²) in [5.41, 5.74) is -1.90. The van der Waals surface area contributed by atoms with Crippen molar-refractivity contribution in [2.24, 2.45) is 0 Å². The van der Waals surface area contributed by atoms with Gasteiger partial charge in [-0.3, -0.25) is 0 Å². The third-order valence-corrected chi connectivity index (χ3v) is 3.91. The van der Waals surface area contributed by atoms with E-state index in [1.807, 2.05) is 0 Å². The molecule has 1 saturated carbocycles. The molecule has 25 heavy (non-hydrogen) atoms. The first kappa shape index (κ1) is 18.7. The van der Waals surface area contributed by atoms with Gasteiger partial charge in [0.1, 0.15) is 0 Å². The Balaban J connectivity index is 2.01. The van der Waals surface area contributed by atoms with Crippen molar-refractivity contribution in [2.45, 2.75) is 36.8 Å². The number of hydrogen-bond donors (Lipinski definition) is 6. The number of rotatable bonds is 4. The Morgan fingerprint density at radius 3 is 2.24 bits per heavy atom. The van der Waals surface area contributed by atoms with Gasteiger partial charge in [0.05, 0.1) is 12.2 Å². The molecule has 0 unspecified atom stereocenters. The van der Waals surface area contributed by atoms with E-state index in [9.17, 15) is 35.1 Å². The number of aliphatic carboxylic acids is 1. The molecule has 0 saturated heterocycles. The second-order valence-electron chi connectivity index (χ2n) is 5.86. The van der Waals surface area contributed by atoms with E-state index in [4.69, 9.17) is 9.84 Å². The second-order valence-corrected chi connectivity index (χ2v) is 5.86. The number of benzene rings is 1. The Morgan fingerprint density at radius 1 is 1.12 bits per heavy atom. The first-order chi connectivity index (χ1) is 11.6. The summed E-state index contributed by atoms with van der Waals surface area (Å²) in [4.78, 5) is 22.8. The number of carbonyl (C=O) groups excluding carboxylic acids is 1. The van der Waals surface area contributed by atoms with Gasteiger partial charge in [-0.2, -0.15) is 0 Å². The third kappa shape index (κ3) is 4.27. The van der Waals surface area contributed by atoms with Crippen LogP contribution < -0.4 is 0 Å². The minimum Gasteiger partial charge on any atom is -0.504 e. The van der Waals surface area contributed by atoms with Crippen LogP contribution in [0, 0.1) is 0 Å². The number of hydrogen-bond acceptors (Lipinski definition) is 8. The van der Waals surface area contributed by atoms with Crippen molar-refractivity contribution in [3.8, 4) is 11.5 Å². The minimum absolute atomic E-state index is 0.320. The van der Waals surface area contributed by atoms with Crippen molar-refractivity contribution in [1.29, 1.82) is 0 Å². The van der Waals surface area contributed by atoms with Gasteiger partial charge in [0.2, 0.25) is 0 Å². The van der Waals surface area contributed by atoms with Crippen LogP contribution >= 0.6 is 0 Å². The molecule has 1 aromatic carbocycles. The topological polar surface area (TPSA) is 165 Å². The van der Waals surface area contributed by atoms with Gasteiger partial charge < -0.3 is 35.4 Å². The molecule has 2 atom stereocenters. The lowest BCUT2D eigenvalue weighted by Gasteiger charge is -2.39. The Hall–Kier alpha value is -2.62. The summed E-state index contributed by atoms with van der Waals surface area (Å²) in [6, 6.07) is 3.86. The van der Waals surface area contributed by atoms with Crippen molar-refractivity contribution >= 4 is 18.0 Å². The third-order valence-electron chi connectivity index (χ3n) is 3.91. The molecule has 0 aliphatic heterocycles. The van der Waals surface area contributed by atoms with Crippen LogP contribution in [0.5, 0.6) is 11.5 Å². The predicted octanol–water partition coefficient (Wildman–Crippen LogP) is -0.646. The molecule has 1 aliphatic carbocycles. The van der Waals surface area contributed by atoms with Gasteiger partial charge >= 0.3 is 11.9 Å². The maximum absolute atomic E-state index is 11.8. The lowest BCUT2D eigenvalue weighted by molar-refractivity contribution is -0.196. The van der Waals surface area contributed by atoms with E-state index in [1.165, 1.54) is 24.3 Å². The Bertz CT molecular complexity index is 685. The van der Waals surface area contributed by atoms with Crippen molar-refractivity contribution in [2.75, 3.05) is 0 Å². The monoisotopic (exact) mass is 354 g/mol. The van der Waals surface area contributed by atoms with Crippen LogP contribution in [-0.2, 0) is 14.3 Å². The minimum atomic E-state index is -2.29. The molecule has 0 radical (unpaired) electrons. The molecule has 6 N–H and O–H groups in total. The molecule has 2 rings (SSSR count). The molecule has 0 spiro atoms. The SMILES string of the molecule is O=C(/C=C\c1ccc(O)c(O)c1)OC1[C@@H](O)CC(O)(C(=O)O)C[C@@H]1O. The van der Waals surface area contributed by atoms with Crippen LogP contribution in [-0.4, -0.2) is 66.5 Å². The number of esters is 1. The first-order valence-electron chi connectivity index (χ1n) is 7.35. The normalized spacial score (nSPS) is 29.5. The number of aromatic hydroxyl groups is 2. The smallest absolute Gasteiger partial charge is 0.335 e. The summed E-state index contributed by atoms with van der Waals surface area (Å²) >= 11 is 0. The number of phenols is 2. The van der Waals surface area contributed by atoms with Crippen LogP contribution in [0.1, 0.15) is 18.4 Å². The molecular weight excluding hydrogens is 336 g/mol. The fraction of sp³-hybridized carbons (Fsp3) is 0.375. The number of phenolic OH excluding ortho intramolecular Hbond substituents is 2. The second kappa shape index (κ2) is 7.09. The Morgan fingerprint density at radius 2 is 1.72 bits per heavy atom. The quantitative estimate of drug-likeness (QED) is 0.234. The summed E-state index contributed by atoms with van der Waals surface area (Å²) < 4.78 is 4.92. The molecule has 136 valence electrons. The number of ether oxygens (including phenoxy) is 1. The highest BCUT2D eigenvalue weighted by Crippen LogP contribution is 2.31. The van der Waals surface area contributed by atoms with Crippen LogP contribution in [0.15, 0.2) is 24.3 Å². The van der Waals surface area contributed by atoms with E-state index >= 15 is 0 Å². The number of carbonyl (C=O) groups is 2. The number of carboxylic acid groups (broad SMARTS) is 1. The zero-order valence-electron chi connectivity index (χ0n) is 12.9. The molecule has 0 aromatic heterocycles. The first-order valence-corrected chi connectivity index (χ1v) is 7.35. The molecule has 1 fully saturated rings. The van der Waals surface area contributed by atoms with E-state index in [-0.39, 0.29) is 11.5 Å². The summed E-state index contributed by atoms with van der Waals surface area (Å²) in [7, 11) is 0. The zero-order chi connectivity index (χ0) is 18.8. The number of carboxylic acids is 1. The van der Waals surface area contributed by atoms with Crippen molar-refractivity contribution in [3.05, 3.63) is 29.8 Å². The van der Waals surface area contributed by atoms with E-state index in [2.05, 4.69) is 0 Å². The summed E-state index contributed by atoms with van der Waals surface area (Å²) in [5.74, 6) is -3.19. The maximum atomic E-state index is 11.8. The highest BCUT2D eigenvalue weighted by Gasteiger charge is 2.50. The number of aliphatic hydroxyl groups is 3. The molecule has 9 heteroatoms. The molecule has 0 bridgehead atoms. The highest BCUT2D eigenvalue weighted by molar-refractivity contribution is 5.87. The van der Waals surface area contributed by atoms with Gasteiger partial charge in [-0.15, -0.1) is 0 Å². The number of aliphatic hydroxyl groups excluding tert-OH is 2. The lowest BCUT2D eigenvalue weighted by atomic mass is 9.79. The van der Waals surface area contributed by atoms with Gasteiger partial charge in [-0.05, 0) is 23.8 Å². The summed E-state index contributed by atoms with van der Waals surface area (Å²) in [6.07, 6.45) is -3.43. The largest absolute Gasteiger partial charge is 0.504 e. The van der Waals surface area contributed by atoms with Gasteiger partial charge in [0.15, 0.2) is 23.2 Å². The van der Waals surface area contributed by atoms with E-state index in [0.717, 1.165) is 6.08 Å². The molecule has 9 nitrogen and oxygen atoms in total. The van der Waals surface area contributed by atoms with Crippen molar-refractivity contribution in [1.82, 2.24) is 0 Å². The molecular formula is C16H18O9. The van der Waals surface area contributed by atoms with E-state index in [1.54, 1.807) is 0 Å². The van der Waals surface area contributed by atoms with Crippen LogP contribution in [0.25, 0.3) is 6.08 Å². The molecule has 1 aliphatic rings. The van der Waals surface area contributed by atoms with Crippen molar-refractivity contribution < 1.29 is 45.0 Å². The average Bonchev–Trinajstić information content (AvgIpc) is 2.52. The highest BCUT2D eigenvalue weighted by atomic mass is 16.6. The summed E-state index contributed by atoms with van der Waals surface area (Å²) in [5, 5.41) is 57.1. The molecule has 1 aromatic rings. The zero-order valence-corrected chi connectivity index (χ0v) is 12.9. The Kier molecular flexibility index (Phi) is 5.31. The van der Waals surface area contributed by atoms with E-state index in [0.29, 0.717) is 5.56 Å². The molecule has 0 amide bonds. The van der Waals surface area contributed by atoms with Crippen LogP contribution in [0.3, 0.4) is 0 Å². The Labute approximate surface area is 142 Å². The van der Waals surface area contributed by atoms with Gasteiger partial charge in [-0.25, -0.2) is 9.59 Å². The van der Waals surface area contributed by atoms with Gasteiger partial charge in [0, 0.05) is 18.9 Å². The summed E-state index contributed by atoms with van der Waals surface area (Å²) in [6.45, 7) is 0. The van der Waals surface area contributed by atoms with Crippen LogP contribution in [0.2, 0.25) is 0 Å². The fourth-order valence-electron chi connectivity index (χ4n) is 2.58. The predicted molar refractivity (Wildman–Crippen MR) is 82.5 cm³/mol. The van der Waals surface area contributed by atoms with Crippen molar-refractivity contribution in [3.63, 3.8) is 0 Å². The fourth-order valence-corrected chi connectivity index (χ4v) is 2.58. The average molecular weight is 354 g/mol. The van der Waals surface area contributed by atoms with Crippen LogP contribution in [0.4, 0.5) is 0 Å². The van der Waals surface area contributed by atoms with Gasteiger partial charge in [0.25, 0.3) is 0 Å². The molecule has 0 heterocycles. The van der Waals surface area contributed by atoms with E-state index < -0.39 is 48.7 Å². The lowest BCUT2D eigenvalue weighted by Crippen LogP contribution is -2.57. The standard InChI is InChI=1S/C16H18O9/c17-9-3-1-8(5-10(9)18)2-4-13(21)25-14-11(19)6-16(24,15(22)23)7-12(14)20/h1-5,11-12,14,17-20,24H,6-7H2,(H,22,23)/b4-2-/t11-,12-,14?,16?/m0/s1. The maximum Gasteiger partial charge on any atom is 0.335 e.